The van der Waals surface area contributed by atoms with Gasteiger partial charge in [-0.2, -0.15) is 0 Å². The molecule has 84 valence electrons. The van der Waals surface area contributed by atoms with Crippen molar-refractivity contribution in [2.45, 2.75) is 46.9 Å². The van der Waals surface area contributed by atoms with Gasteiger partial charge in [0.05, 0.1) is 0 Å². The third-order valence-corrected chi connectivity index (χ3v) is 3.50. The van der Waals surface area contributed by atoms with Crippen LogP contribution in [0.5, 0.6) is 0 Å². The molecular weight excluding hydrogens is 204 g/mol. The Bertz CT molecular complexity index is 351. The molecule has 0 unspecified atom stereocenters. The second-order valence-corrected chi connectivity index (χ2v) is 5.07. The van der Waals surface area contributed by atoms with E-state index in [4.69, 9.17) is 11.6 Å². The molecule has 0 radical (unpaired) electrons. The van der Waals surface area contributed by atoms with Gasteiger partial charge in [-0.25, -0.2) is 0 Å². The minimum atomic E-state index is 0.623. The van der Waals surface area contributed by atoms with E-state index < -0.39 is 0 Å². The van der Waals surface area contributed by atoms with Crippen molar-refractivity contribution in [1.82, 2.24) is 0 Å². The Labute approximate surface area is 98.7 Å². The van der Waals surface area contributed by atoms with E-state index in [9.17, 15) is 0 Å². The van der Waals surface area contributed by atoms with Gasteiger partial charge < -0.3 is 0 Å². The fourth-order valence-corrected chi connectivity index (χ4v) is 2.26. The second-order valence-electron chi connectivity index (χ2n) is 4.80. The molecule has 0 spiro atoms. The Hall–Kier alpha value is -0.490. The summed E-state index contributed by atoms with van der Waals surface area (Å²) in [5.74, 6) is 1.33. The molecule has 0 saturated heterocycles. The second kappa shape index (κ2) is 5.03. The highest BCUT2D eigenvalue weighted by atomic mass is 35.5. The van der Waals surface area contributed by atoms with Gasteiger partial charge in [-0.3, -0.25) is 0 Å². The van der Waals surface area contributed by atoms with Gasteiger partial charge in [0, 0.05) is 5.88 Å². The molecule has 0 atom stereocenters. The molecule has 0 bridgehead atoms. The first-order valence-electron chi connectivity index (χ1n) is 5.61. The summed E-state index contributed by atoms with van der Waals surface area (Å²) in [6.45, 7) is 11.1. The van der Waals surface area contributed by atoms with E-state index in [1.807, 2.05) is 0 Å². The molecule has 1 aromatic rings. The van der Waals surface area contributed by atoms with E-state index in [1.54, 1.807) is 0 Å². The molecule has 15 heavy (non-hydrogen) atoms. The number of alkyl halides is 1. The molecule has 0 fully saturated rings. The first kappa shape index (κ1) is 12.6. The SMILES string of the molecule is Cc1c(CCl)cc(CC(C)C)c(C)c1C. The number of halogens is 1. The van der Waals surface area contributed by atoms with Crippen LogP contribution in [0.15, 0.2) is 6.07 Å². The highest BCUT2D eigenvalue weighted by molar-refractivity contribution is 6.17. The van der Waals surface area contributed by atoms with Crippen LogP contribution in [0.25, 0.3) is 0 Å². The Morgan fingerprint density at radius 1 is 1.00 bits per heavy atom. The molecule has 1 rings (SSSR count). The fourth-order valence-electron chi connectivity index (χ4n) is 1.98. The summed E-state index contributed by atoms with van der Waals surface area (Å²) in [5.41, 5.74) is 6.95. The Morgan fingerprint density at radius 2 is 1.53 bits per heavy atom. The molecule has 0 aliphatic carbocycles. The lowest BCUT2D eigenvalue weighted by Crippen LogP contribution is -2.02. The number of hydrogen-bond donors (Lipinski definition) is 0. The number of rotatable bonds is 3. The lowest BCUT2D eigenvalue weighted by molar-refractivity contribution is 0.644. The summed E-state index contributed by atoms with van der Waals surface area (Å²) in [7, 11) is 0. The molecule has 0 nitrogen and oxygen atoms in total. The Morgan fingerprint density at radius 3 is 2.00 bits per heavy atom. The molecule has 0 aliphatic rings. The molecule has 1 heteroatoms. The van der Waals surface area contributed by atoms with Crippen molar-refractivity contribution in [3.05, 3.63) is 33.9 Å². The predicted octanol–water partition coefficient (Wildman–Crippen LogP) is 4.55. The van der Waals surface area contributed by atoms with Crippen LogP contribution in [0.3, 0.4) is 0 Å². The van der Waals surface area contributed by atoms with Crippen LogP contribution in [0.4, 0.5) is 0 Å². The van der Waals surface area contributed by atoms with Crippen LogP contribution >= 0.6 is 11.6 Å². The van der Waals surface area contributed by atoms with Crippen LogP contribution in [0.2, 0.25) is 0 Å². The van der Waals surface area contributed by atoms with E-state index in [-0.39, 0.29) is 0 Å². The van der Waals surface area contributed by atoms with Gasteiger partial charge in [-0.05, 0) is 60.9 Å². The van der Waals surface area contributed by atoms with E-state index in [1.165, 1.54) is 27.8 Å². The average Bonchev–Trinajstić information content (AvgIpc) is 2.18. The Kier molecular flexibility index (Phi) is 4.21. The van der Waals surface area contributed by atoms with E-state index >= 15 is 0 Å². The van der Waals surface area contributed by atoms with Crippen molar-refractivity contribution in [3.63, 3.8) is 0 Å². The molecule has 1 aromatic carbocycles. The zero-order valence-electron chi connectivity index (χ0n) is 10.4. The molecule has 0 amide bonds. The normalized spacial score (nSPS) is 11.1. The fraction of sp³-hybridized carbons (Fsp3) is 0.571. The maximum Gasteiger partial charge on any atom is 0.0476 e. The van der Waals surface area contributed by atoms with Crippen molar-refractivity contribution in [2.24, 2.45) is 5.92 Å². The van der Waals surface area contributed by atoms with Crippen molar-refractivity contribution < 1.29 is 0 Å². The Balaban J connectivity index is 3.22. The maximum absolute atomic E-state index is 5.97. The van der Waals surface area contributed by atoms with E-state index in [2.05, 4.69) is 40.7 Å². The van der Waals surface area contributed by atoms with Crippen molar-refractivity contribution >= 4 is 11.6 Å². The summed E-state index contributed by atoms with van der Waals surface area (Å²) in [4.78, 5) is 0. The highest BCUT2D eigenvalue weighted by Gasteiger charge is 2.09. The minimum absolute atomic E-state index is 0.623. The number of benzene rings is 1. The molecule has 0 aromatic heterocycles. The summed E-state index contributed by atoms with van der Waals surface area (Å²) in [5, 5.41) is 0. The predicted molar refractivity (Wildman–Crippen MR) is 68.8 cm³/mol. The van der Waals surface area contributed by atoms with Crippen molar-refractivity contribution in [1.29, 1.82) is 0 Å². The summed E-state index contributed by atoms with van der Waals surface area (Å²) in [6, 6.07) is 2.28. The van der Waals surface area contributed by atoms with E-state index in [0.717, 1.165) is 6.42 Å². The van der Waals surface area contributed by atoms with Gasteiger partial charge >= 0.3 is 0 Å². The first-order chi connectivity index (χ1) is 6.97. The van der Waals surface area contributed by atoms with Gasteiger partial charge in [-0.15, -0.1) is 11.6 Å². The molecule has 0 N–H and O–H groups in total. The van der Waals surface area contributed by atoms with Crippen LogP contribution in [-0.4, -0.2) is 0 Å². The quantitative estimate of drug-likeness (QED) is 0.661. The van der Waals surface area contributed by atoms with Crippen molar-refractivity contribution in [2.75, 3.05) is 0 Å². The van der Waals surface area contributed by atoms with E-state index in [0.29, 0.717) is 11.8 Å². The zero-order chi connectivity index (χ0) is 11.6. The molecule has 0 saturated carbocycles. The summed E-state index contributed by atoms with van der Waals surface area (Å²) in [6.07, 6.45) is 1.15. The third kappa shape index (κ3) is 2.75. The topological polar surface area (TPSA) is 0 Å². The molecule has 0 aliphatic heterocycles. The lowest BCUT2D eigenvalue weighted by Gasteiger charge is -2.16. The largest absolute Gasteiger partial charge is 0.122 e. The smallest absolute Gasteiger partial charge is 0.0476 e. The van der Waals surface area contributed by atoms with Gasteiger partial charge in [0.15, 0.2) is 0 Å². The van der Waals surface area contributed by atoms with Crippen LogP contribution in [0, 0.1) is 26.7 Å². The van der Waals surface area contributed by atoms with Gasteiger partial charge in [0.1, 0.15) is 0 Å². The molecular formula is C14H21Cl. The zero-order valence-corrected chi connectivity index (χ0v) is 11.2. The lowest BCUT2D eigenvalue weighted by atomic mass is 9.90. The average molecular weight is 225 g/mol. The summed E-state index contributed by atoms with van der Waals surface area (Å²) < 4.78 is 0. The van der Waals surface area contributed by atoms with Gasteiger partial charge in [-0.1, -0.05) is 19.9 Å². The summed E-state index contributed by atoms with van der Waals surface area (Å²) >= 11 is 5.97. The van der Waals surface area contributed by atoms with Crippen LogP contribution in [-0.2, 0) is 12.3 Å². The minimum Gasteiger partial charge on any atom is -0.122 e. The van der Waals surface area contributed by atoms with Crippen LogP contribution in [0.1, 0.15) is 41.7 Å². The van der Waals surface area contributed by atoms with Crippen molar-refractivity contribution in [3.8, 4) is 0 Å². The first-order valence-corrected chi connectivity index (χ1v) is 6.15. The standard InChI is InChI=1S/C14H21Cl/c1-9(2)6-13-7-14(8-15)12(5)10(3)11(13)4/h7,9H,6,8H2,1-5H3. The monoisotopic (exact) mass is 224 g/mol. The third-order valence-electron chi connectivity index (χ3n) is 3.21. The van der Waals surface area contributed by atoms with Gasteiger partial charge in [0.25, 0.3) is 0 Å². The van der Waals surface area contributed by atoms with Gasteiger partial charge in [0.2, 0.25) is 0 Å². The number of hydrogen-bond acceptors (Lipinski definition) is 0. The van der Waals surface area contributed by atoms with Crippen LogP contribution < -0.4 is 0 Å². The maximum atomic E-state index is 5.97. The highest BCUT2D eigenvalue weighted by Crippen LogP contribution is 2.24. The molecule has 0 heterocycles.